The highest BCUT2D eigenvalue weighted by Crippen LogP contribution is 2.48. The van der Waals surface area contributed by atoms with Crippen LogP contribution >= 0.6 is 15.9 Å². The topological polar surface area (TPSA) is 82.1 Å². The number of allylic oxidation sites excluding steroid dienone is 1. The number of esters is 1. The molecule has 1 aliphatic rings. The largest absolute Gasteiger partial charge is 0.507 e. The first-order valence-electron chi connectivity index (χ1n) is 11.4. The Morgan fingerprint density at radius 3 is 2.44 bits per heavy atom. The van der Waals surface area contributed by atoms with Gasteiger partial charge in [0.1, 0.15) is 28.9 Å². The van der Waals surface area contributed by atoms with E-state index in [0.29, 0.717) is 24.2 Å². The summed E-state index contributed by atoms with van der Waals surface area (Å²) < 4.78 is 17.7. The molecule has 0 heterocycles. The van der Waals surface area contributed by atoms with Gasteiger partial charge in [0.25, 0.3) is 0 Å². The maximum atomic E-state index is 13.2. The Morgan fingerprint density at radius 2 is 1.79 bits per heavy atom. The number of hydrogen-bond donors (Lipinski definition) is 1. The van der Waals surface area contributed by atoms with Crippen LogP contribution in [0.3, 0.4) is 0 Å². The molecule has 1 N–H and O–H groups in total. The summed E-state index contributed by atoms with van der Waals surface area (Å²) in [5, 5.41) is 11.4. The van der Waals surface area contributed by atoms with Crippen LogP contribution < -0.4 is 9.47 Å². The van der Waals surface area contributed by atoms with Crippen LogP contribution in [0.4, 0.5) is 0 Å². The molecule has 1 saturated carbocycles. The van der Waals surface area contributed by atoms with Crippen LogP contribution in [-0.2, 0) is 9.53 Å². The molecule has 2 atom stereocenters. The lowest BCUT2D eigenvalue weighted by Gasteiger charge is -2.33. The maximum Gasteiger partial charge on any atom is 0.308 e. The molecular formula is C27H31BrO6. The van der Waals surface area contributed by atoms with Crippen molar-refractivity contribution in [3.8, 4) is 17.2 Å². The normalized spacial score (nSPS) is 18.2. The third kappa shape index (κ3) is 5.81. The first-order valence-corrected chi connectivity index (χ1v) is 12.2. The zero-order valence-electron chi connectivity index (χ0n) is 20.0. The van der Waals surface area contributed by atoms with E-state index in [1.54, 1.807) is 26.0 Å². The number of ketones is 1. The molecule has 0 radical (unpaired) electrons. The highest BCUT2D eigenvalue weighted by Gasteiger charge is 2.36. The second-order valence-corrected chi connectivity index (χ2v) is 9.61. The van der Waals surface area contributed by atoms with E-state index in [2.05, 4.69) is 15.9 Å². The second kappa shape index (κ2) is 11.6. The van der Waals surface area contributed by atoms with Crippen molar-refractivity contribution in [3.05, 3.63) is 57.6 Å². The summed E-state index contributed by atoms with van der Waals surface area (Å²) in [4.78, 5) is 25.6. The minimum Gasteiger partial charge on any atom is -0.507 e. The van der Waals surface area contributed by atoms with Crippen molar-refractivity contribution < 1.29 is 28.9 Å². The summed E-state index contributed by atoms with van der Waals surface area (Å²) >= 11 is 3.42. The molecule has 1 aliphatic carbocycles. The van der Waals surface area contributed by atoms with E-state index < -0.39 is 11.9 Å². The maximum absolute atomic E-state index is 13.2. The van der Waals surface area contributed by atoms with Gasteiger partial charge in [-0.2, -0.15) is 0 Å². The number of carbonyl (C=O) groups excluding carboxylic acids is 2. The molecule has 0 saturated heterocycles. The number of hydrogen-bond acceptors (Lipinski definition) is 6. The Balaban J connectivity index is 2.04. The molecule has 0 bridgehead atoms. The molecule has 0 spiro atoms. The van der Waals surface area contributed by atoms with Gasteiger partial charge in [-0.1, -0.05) is 54.4 Å². The van der Waals surface area contributed by atoms with Crippen molar-refractivity contribution in [2.75, 3.05) is 14.2 Å². The van der Waals surface area contributed by atoms with Crippen LogP contribution in [0.5, 0.6) is 17.2 Å². The van der Waals surface area contributed by atoms with E-state index in [9.17, 15) is 14.7 Å². The SMILES string of the molecule is COc1cc(OC)c([C@@H]2CCCC[C@H]2OC(=O)C(C)C)c(O)c1C(=O)/C=C/c1cccc(Br)c1. The Kier molecular flexibility index (Phi) is 8.78. The number of phenolic OH excluding ortho intramolecular Hbond substituents is 1. The monoisotopic (exact) mass is 530 g/mol. The van der Waals surface area contributed by atoms with E-state index in [1.165, 1.54) is 20.3 Å². The van der Waals surface area contributed by atoms with Gasteiger partial charge < -0.3 is 19.3 Å². The van der Waals surface area contributed by atoms with Crippen LogP contribution in [0.25, 0.3) is 6.08 Å². The van der Waals surface area contributed by atoms with E-state index in [0.717, 1.165) is 22.9 Å². The lowest BCUT2D eigenvalue weighted by molar-refractivity contribution is -0.155. The minimum absolute atomic E-state index is 0.0593. The minimum atomic E-state index is -0.406. The van der Waals surface area contributed by atoms with Gasteiger partial charge in [-0.3, -0.25) is 9.59 Å². The molecule has 182 valence electrons. The van der Waals surface area contributed by atoms with Crippen LogP contribution in [-0.4, -0.2) is 37.2 Å². The Morgan fingerprint density at radius 1 is 1.09 bits per heavy atom. The molecule has 0 aromatic heterocycles. The molecule has 2 aromatic carbocycles. The number of aromatic hydroxyl groups is 1. The number of methoxy groups -OCH3 is 2. The highest BCUT2D eigenvalue weighted by molar-refractivity contribution is 9.10. The molecule has 7 heteroatoms. The zero-order valence-corrected chi connectivity index (χ0v) is 21.6. The van der Waals surface area contributed by atoms with Gasteiger partial charge in [0.2, 0.25) is 0 Å². The van der Waals surface area contributed by atoms with Gasteiger partial charge in [0.05, 0.1) is 20.1 Å². The smallest absolute Gasteiger partial charge is 0.308 e. The molecule has 0 aliphatic heterocycles. The van der Waals surface area contributed by atoms with Crippen LogP contribution in [0.2, 0.25) is 0 Å². The molecule has 0 unspecified atom stereocenters. The fourth-order valence-corrected chi connectivity index (χ4v) is 4.70. The highest BCUT2D eigenvalue weighted by atomic mass is 79.9. The fourth-order valence-electron chi connectivity index (χ4n) is 4.28. The van der Waals surface area contributed by atoms with Crippen molar-refractivity contribution in [3.63, 3.8) is 0 Å². The number of carbonyl (C=O) groups is 2. The first-order chi connectivity index (χ1) is 16.3. The number of rotatable bonds is 8. The number of ether oxygens (including phenoxy) is 3. The standard InChI is InChI=1S/C27H31BrO6/c1-16(2)27(31)34-21-11-6-5-10-19(21)24-22(32-3)15-23(33-4)25(26(24)30)20(29)13-12-17-8-7-9-18(28)14-17/h7-9,12-16,19,21,30H,5-6,10-11H2,1-4H3/b13-12+/t19-,21-/m1/s1. The van der Waals surface area contributed by atoms with E-state index in [-0.39, 0.29) is 34.9 Å². The molecule has 3 rings (SSSR count). The van der Waals surface area contributed by atoms with Crippen molar-refractivity contribution in [2.45, 2.75) is 51.6 Å². The lowest BCUT2D eigenvalue weighted by atomic mass is 9.79. The summed E-state index contributed by atoms with van der Waals surface area (Å²) in [6.45, 7) is 3.58. The molecule has 6 nitrogen and oxygen atoms in total. The molecule has 1 fully saturated rings. The van der Waals surface area contributed by atoms with Gasteiger partial charge in [-0.25, -0.2) is 0 Å². The van der Waals surface area contributed by atoms with E-state index in [4.69, 9.17) is 14.2 Å². The fraction of sp³-hybridized carbons (Fsp3) is 0.407. The van der Waals surface area contributed by atoms with Gasteiger partial charge in [-0.05, 0) is 43.0 Å². The third-order valence-corrected chi connectivity index (χ3v) is 6.53. The molecule has 34 heavy (non-hydrogen) atoms. The number of halogens is 1. The number of phenols is 1. The summed E-state index contributed by atoms with van der Waals surface area (Å²) in [5.41, 5.74) is 1.37. The molecular weight excluding hydrogens is 500 g/mol. The van der Waals surface area contributed by atoms with Crippen LogP contribution in [0.15, 0.2) is 40.9 Å². The third-order valence-electron chi connectivity index (χ3n) is 6.04. The predicted molar refractivity (Wildman–Crippen MR) is 135 cm³/mol. The zero-order chi connectivity index (χ0) is 24.8. The molecule has 0 amide bonds. The van der Waals surface area contributed by atoms with Crippen molar-refractivity contribution in [1.29, 1.82) is 0 Å². The summed E-state index contributed by atoms with van der Waals surface area (Å²) in [5.74, 6) is -0.806. The van der Waals surface area contributed by atoms with E-state index >= 15 is 0 Å². The van der Waals surface area contributed by atoms with Gasteiger partial charge in [0, 0.05) is 22.0 Å². The lowest BCUT2D eigenvalue weighted by Crippen LogP contribution is -2.30. The van der Waals surface area contributed by atoms with Gasteiger partial charge >= 0.3 is 5.97 Å². The quantitative estimate of drug-likeness (QED) is 0.245. The molecule has 2 aromatic rings. The average molecular weight is 531 g/mol. The predicted octanol–water partition coefficient (Wildman–Crippen LogP) is 6.29. The first kappa shape index (κ1) is 25.8. The Labute approximate surface area is 209 Å². The van der Waals surface area contributed by atoms with Crippen LogP contribution in [0.1, 0.15) is 66.9 Å². The average Bonchev–Trinajstić information content (AvgIpc) is 2.82. The van der Waals surface area contributed by atoms with Crippen LogP contribution in [0, 0.1) is 5.92 Å². The van der Waals surface area contributed by atoms with Crippen molar-refractivity contribution in [1.82, 2.24) is 0 Å². The van der Waals surface area contributed by atoms with Crippen molar-refractivity contribution in [2.24, 2.45) is 5.92 Å². The van der Waals surface area contributed by atoms with Gasteiger partial charge in [0.15, 0.2) is 5.78 Å². The van der Waals surface area contributed by atoms with Gasteiger partial charge in [-0.15, -0.1) is 0 Å². The summed E-state index contributed by atoms with van der Waals surface area (Å²) in [6.07, 6.45) is 5.92. The number of benzene rings is 2. The van der Waals surface area contributed by atoms with E-state index in [1.807, 2.05) is 24.3 Å². The summed E-state index contributed by atoms with van der Waals surface area (Å²) in [7, 11) is 2.95. The Hall–Kier alpha value is -2.80. The summed E-state index contributed by atoms with van der Waals surface area (Å²) in [6, 6.07) is 9.15. The van der Waals surface area contributed by atoms with Crippen molar-refractivity contribution >= 4 is 33.8 Å². The second-order valence-electron chi connectivity index (χ2n) is 8.69. The Bertz CT molecular complexity index is 1080.